The van der Waals surface area contributed by atoms with Crippen molar-refractivity contribution in [1.29, 1.82) is 0 Å². The van der Waals surface area contributed by atoms with E-state index < -0.39 is 0 Å². The van der Waals surface area contributed by atoms with Gasteiger partial charge in [-0.1, -0.05) is 11.8 Å². The summed E-state index contributed by atoms with van der Waals surface area (Å²) in [4.78, 5) is 11.9. The fraction of sp³-hybridized carbons (Fsp3) is 0.500. The number of rotatable bonds is 6. The summed E-state index contributed by atoms with van der Waals surface area (Å²) in [6.45, 7) is 5.30. The van der Waals surface area contributed by atoms with Gasteiger partial charge in [-0.25, -0.2) is 4.68 Å². The van der Waals surface area contributed by atoms with Gasteiger partial charge in [0.05, 0.1) is 17.6 Å². The van der Waals surface area contributed by atoms with Gasteiger partial charge in [0.1, 0.15) is 5.03 Å². The van der Waals surface area contributed by atoms with Gasteiger partial charge in [0.2, 0.25) is 5.91 Å². The number of carbonyl (C=O) groups excluding carboxylic acids is 1. The van der Waals surface area contributed by atoms with Crippen LogP contribution in [0.3, 0.4) is 0 Å². The van der Waals surface area contributed by atoms with Crippen LogP contribution in [0.2, 0.25) is 0 Å². The van der Waals surface area contributed by atoms with E-state index >= 15 is 0 Å². The number of hydrogen-bond donors (Lipinski definition) is 1. The van der Waals surface area contributed by atoms with Crippen LogP contribution >= 0.6 is 11.8 Å². The van der Waals surface area contributed by atoms with Gasteiger partial charge in [0.25, 0.3) is 0 Å². The molecule has 0 spiro atoms. The Balaban J connectivity index is 1.49. The van der Waals surface area contributed by atoms with Gasteiger partial charge in [-0.2, -0.15) is 5.10 Å². The number of aromatic nitrogens is 4. The van der Waals surface area contributed by atoms with E-state index in [1.807, 2.05) is 32.0 Å². The number of ether oxygens (including phenoxy) is 1. The average Bonchev–Trinajstić information content (AvgIpc) is 3.21. The van der Waals surface area contributed by atoms with Crippen molar-refractivity contribution in [3.05, 3.63) is 29.6 Å². The summed E-state index contributed by atoms with van der Waals surface area (Å²) in [7, 11) is 0. The Bertz CT molecular complexity index is 695. The van der Waals surface area contributed by atoms with E-state index in [4.69, 9.17) is 4.74 Å². The first-order chi connectivity index (χ1) is 11.6. The van der Waals surface area contributed by atoms with E-state index in [9.17, 15) is 4.79 Å². The highest BCUT2D eigenvalue weighted by Crippen LogP contribution is 2.16. The normalized spacial score (nSPS) is 17.2. The second-order valence-electron chi connectivity index (χ2n) is 5.80. The number of thioether (sulfide) groups is 1. The molecule has 0 aromatic carbocycles. The summed E-state index contributed by atoms with van der Waals surface area (Å²) in [5.74, 6) is 0.980. The van der Waals surface area contributed by atoms with Gasteiger partial charge in [0, 0.05) is 18.8 Å². The molecule has 3 rings (SSSR count). The topological polar surface area (TPSA) is 81.9 Å². The fourth-order valence-corrected chi connectivity index (χ4v) is 3.23. The first-order valence-electron chi connectivity index (χ1n) is 8.00. The van der Waals surface area contributed by atoms with Crippen LogP contribution in [-0.4, -0.2) is 50.9 Å². The second kappa shape index (κ2) is 7.76. The lowest BCUT2D eigenvalue weighted by atomic mass is 10.2. The van der Waals surface area contributed by atoms with Crippen LogP contribution < -0.4 is 5.32 Å². The van der Waals surface area contributed by atoms with Crippen LogP contribution in [-0.2, 0) is 9.53 Å². The molecule has 0 saturated carbocycles. The Labute approximate surface area is 145 Å². The van der Waals surface area contributed by atoms with Gasteiger partial charge in [0.15, 0.2) is 5.82 Å². The molecule has 1 aliphatic heterocycles. The molecule has 1 aliphatic rings. The molecule has 1 unspecified atom stereocenters. The van der Waals surface area contributed by atoms with Crippen LogP contribution in [0.25, 0.3) is 5.82 Å². The van der Waals surface area contributed by atoms with Crippen molar-refractivity contribution in [2.45, 2.75) is 37.8 Å². The van der Waals surface area contributed by atoms with Crippen LogP contribution in [0.1, 0.15) is 24.2 Å². The Morgan fingerprint density at radius 3 is 2.92 bits per heavy atom. The molecule has 0 bridgehead atoms. The zero-order valence-electron chi connectivity index (χ0n) is 13.9. The van der Waals surface area contributed by atoms with Crippen molar-refractivity contribution < 1.29 is 9.53 Å². The van der Waals surface area contributed by atoms with Crippen molar-refractivity contribution >= 4 is 17.7 Å². The second-order valence-corrected chi connectivity index (χ2v) is 6.79. The third-order valence-electron chi connectivity index (χ3n) is 3.75. The predicted molar refractivity (Wildman–Crippen MR) is 91.3 cm³/mol. The Kier molecular flexibility index (Phi) is 5.47. The molecule has 3 heterocycles. The summed E-state index contributed by atoms with van der Waals surface area (Å²) >= 11 is 1.37. The fourth-order valence-electron chi connectivity index (χ4n) is 2.59. The van der Waals surface area contributed by atoms with E-state index in [0.29, 0.717) is 23.1 Å². The maximum atomic E-state index is 11.9. The molecule has 7 nitrogen and oxygen atoms in total. The average molecular weight is 347 g/mol. The molecule has 0 aliphatic carbocycles. The standard InChI is InChI=1S/C16H21N5O2S/c1-11-8-12(2)21(20-11)14-5-6-16(19-18-14)24-10-15(22)17-9-13-4-3-7-23-13/h5-6,8,13H,3-4,7,9-10H2,1-2H3,(H,17,22). The molecule has 2 aromatic heterocycles. The Hall–Kier alpha value is -1.93. The molecule has 1 saturated heterocycles. The highest BCUT2D eigenvalue weighted by atomic mass is 32.2. The maximum absolute atomic E-state index is 11.9. The number of amides is 1. The van der Waals surface area contributed by atoms with Gasteiger partial charge >= 0.3 is 0 Å². The van der Waals surface area contributed by atoms with Gasteiger partial charge < -0.3 is 10.1 Å². The summed E-state index contributed by atoms with van der Waals surface area (Å²) in [6, 6.07) is 5.71. The number of aryl methyl sites for hydroxylation is 2. The maximum Gasteiger partial charge on any atom is 0.230 e. The van der Waals surface area contributed by atoms with Crippen LogP contribution in [0.15, 0.2) is 23.2 Å². The third-order valence-corrected chi connectivity index (χ3v) is 4.67. The summed E-state index contributed by atoms with van der Waals surface area (Å²) in [5, 5.41) is 16.3. The molecule has 8 heteroatoms. The summed E-state index contributed by atoms with van der Waals surface area (Å²) in [5.41, 5.74) is 1.95. The molecular weight excluding hydrogens is 326 g/mol. The van der Waals surface area contributed by atoms with Crippen molar-refractivity contribution in [3.63, 3.8) is 0 Å². The molecule has 1 amide bonds. The molecule has 1 fully saturated rings. The molecule has 1 N–H and O–H groups in total. The zero-order valence-corrected chi connectivity index (χ0v) is 14.7. The van der Waals surface area contributed by atoms with E-state index in [1.54, 1.807) is 4.68 Å². The molecule has 24 heavy (non-hydrogen) atoms. The number of nitrogens with zero attached hydrogens (tertiary/aromatic N) is 4. The van der Waals surface area contributed by atoms with Crippen molar-refractivity contribution in [2.24, 2.45) is 0 Å². The third kappa shape index (κ3) is 4.33. The van der Waals surface area contributed by atoms with E-state index in [2.05, 4.69) is 20.6 Å². The van der Waals surface area contributed by atoms with E-state index in [1.165, 1.54) is 11.8 Å². The van der Waals surface area contributed by atoms with Crippen molar-refractivity contribution in [2.75, 3.05) is 18.9 Å². The van der Waals surface area contributed by atoms with Crippen LogP contribution in [0.4, 0.5) is 0 Å². The molecular formula is C16H21N5O2S. The minimum absolute atomic E-state index is 0.0140. The molecule has 0 radical (unpaired) electrons. The molecule has 128 valence electrons. The van der Waals surface area contributed by atoms with E-state index in [0.717, 1.165) is 30.8 Å². The summed E-state index contributed by atoms with van der Waals surface area (Å²) in [6.07, 6.45) is 2.26. The Morgan fingerprint density at radius 1 is 1.42 bits per heavy atom. The van der Waals surface area contributed by atoms with Crippen LogP contribution in [0.5, 0.6) is 0 Å². The quantitative estimate of drug-likeness (QED) is 0.801. The minimum atomic E-state index is -0.0140. The van der Waals surface area contributed by atoms with Crippen molar-refractivity contribution in [1.82, 2.24) is 25.3 Å². The SMILES string of the molecule is Cc1cc(C)n(-c2ccc(SCC(=O)NCC3CCCO3)nn2)n1. The lowest BCUT2D eigenvalue weighted by Crippen LogP contribution is -2.32. The first-order valence-corrected chi connectivity index (χ1v) is 8.99. The summed E-state index contributed by atoms with van der Waals surface area (Å²) < 4.78 is 7.24. The lowest BCUT2D eigenvalue weighted by Gasteiger charge is -2.10. The highest BCUT2D eigenvalue weighted by Gasteiger charge is 2.16. The number of carbonyl (C=O) groups is 1. The largest absolute Gasteiger partial charge is 0.376 e. The number of nitrogens with one attached hydrogen (secondary N) is 1. The van der Waals surface area contributed by atoms with Crippen molar-refractivity contribution in [3.8, 4) is 5.82 Å². The Morgan fingerprint density at radius 2 is 2.29 bits per heavy atom. The first kappa shape index (κ1) is 16.9. The van der Waals surface area contributed by atoms with Gasteiger partial charge in [-0.15, -0.1) is 10.2 Å². The van der Waals surface area contributed by atoms with Gasteiger partial charge in [-0.3, -0.25) is 4.79 Å². The molecule has 2 aromatic rings. The number of hydrogen-bond acceptors (Lipinski definition) is 6. The monoisotopic (exact) mass is 347 g/mol. The van der Waals surface area contributed by atoms with E-state index in [-0.39, 0.29) is 12.0 Å². The predicted octanol–water partition coefficient (Wildman–Crippen LogP) is 1.67. The van der Waals surface area contributed by atoms with Gasteiger partial charge in [-0.05, 0) is 44.9 Å². The smallest absolute Gasteiger partial charge is 0.230 e. The molecule has 1 atom stereocenters. The lowest BCUT2D eigenvalue weighted by molar-refractivity contribution is -0.119. The highest BCUT2D eigenvalue weighted by molar-refractivity contribution is 7.99. The van der Waals surface area contributed by atoms with Crippen LogP contribution in [0, 0.1) is 13.8 Å². The zero-order chi connectivity index (χ0) is 16.9. The minimum Gasteiger partial charge on any atom is -0.376 e.